The van der Waals surface area contributed by atoms with Gasteiger partial charge in [-0.1, -0.05) is 30.3 Å². The molecule has 1 unspecified atom stereocenters. The van der Waals surface area contributed by atoms with E-state index in [0.717, 1.165) is 36.5 Å². The van der Waals surface area contributed by atoms with Crippen molar-refractivity contribution in [2.24, 2.45) is 7.05 Å². The molecule has 0 spiro atoms. The number of aryl methyl sites for hydroxylation is 1. The number of nitrogens with one attached hydrogen (secondary N) is 1. The summed E-state index contributed by atoms with van der Waals surface area (Å²) in [4.78, 5) is 10.9. The average molecular weight is 330 g/mol. The highest BCUT2D eigenvalue weighted by Gasteiger charge is 2.26. The van der Waals surface area contributed by atoms with Crippen molar-refractivity contribution in [2.45, 2.75) is 18.9 Å². The summed E-state index contributed by atoms with van der Waals surface area (Å²) in [7, 11) is 2.13. The molecule has 3 heterocycles. The Balaban J connectivity index is 1.36. The van der Waals surface area contributed by atoms with Crippen LogP contribution in [0.4, 0.5) is 0 Å². The van der Waals surface area contributed by atoms with Gasteiger partial charge in [0.05, 0.1) is 11.0 Å². The van der Waals surface area contributed by atoms with Crippen LogP contribution in [0.1, 0.15) is 23.7 Å². The molecule has 4 nitrogen and oxygen atoms in total. The van der Waals surface area contributed by atoms with E-state index >= 15 is 0 Å². The smallest absolute Gasteiger partial charge is 0.111 e. The molecule has 1 atom stereocenters. The van der Waals surface area contributed by atoms with Crippen molar-refractivity contribution in [1.29, 1.82) is 0 Å². The first kappa shape index (κ1) is 14.7. The van der Waals surface area contributed by atoms with Crippen LogP contribution >= 0.6 is 0 Å². The Bertz CT molecular complexity index is 1010. The highest BCUT2D eigenvalue weighted by Crippen LogP contribution is 2.29. The minimum Gasteiger partial charge on any atom is -0.350 e. The van der Waals surface area contributed by atoms with Crippen LogP contribution < -0.4 is 0 Å². The molecule has 1 N–H and O–H groups in total. The first-order valence-electron chi connectivity index (χ1n) is 8.98. The van der Waals surface area contributed by atoms with Crippen molar-refractivity contribution in [1.82, 2.24) is 19.4 Å². The van der Waals surface area contributed by atoms with Crippen LogP contribution in [0.2, 0.25) is 0 Å². The normalized spacial score (nSPS) is 18.5. The number of nitrogens with zero attached hydrogens (tertiary/aromatic N) is 3. The van der Waals surface area contributed by atoms with Gasteiger partial charge in [0.25, 0.3) is 0 Å². The van der Waals surface area contributed by atoms with E-state index in [9.17, 15) is 0 Å². The molecular weight excluding hydrogens is 308 g/mol. The molecule has 5 rings (SSSR count). The third-order valence-electron chi connectivity index (χ3n) is 5.44. The monoisotopic (exact) mass is 330 g/mol. The lowest BCUT2D eigenvalue weighted by molar-refractivity contribution is 0.327. The van der Waals surface area contributed by atoms with Gasteiger partial charge < -0.3 is 9.55 Å². The summed E-state index contributed by atoms with van der Waals surface area (Å²) in [5.74, 6) is 1.64. The van der Waals surface area contributed by atoms with Crippen molar-refractivity contribution in [3.05, 3.63) is 66.1 Å². The van der Waals surface area contributed by atoms with Crippen LogP contribution in [0, 0.1) is 0 Å². The summed E-state index contributed by atoms with van der Waals surface area (Å²) in [6.07, 6.45) is 3.45. The molecule has 2 aromatic heterocycles. The van der Waals surface area contributed by atoms with E-state index in [4.69, 9.17) is 4.98 Å². The predicted molar refractivity (Wildman–Crippen MR) is 102 cm³/mol. The molecule has 0 radical (unpaired) electrons. The SMILES string of the molecule is Cn1cc(CN2CCC(c3nc4ccccc4[nH]3)C2)c2ccccc21. The fourth-order valence-electron chi connectivity index (χ4n) is 4.16. The zero-order valence-electron chi connectivity index (χ0n) is 14.4. The number of hydrogen-bond donors (Lipinski definition) is 1. The third-order valence-corrected chi connectivity index (χ3v) is 5.44. The molecule has 4 aromatic rings. The van der Waals surface area contributed by atoms with Gasteiger partial charge in [0.1, 0.15) is 5.82 Å². The van der Waals surface area contributed by atoms with Crippen LogP contribution in [0.15, 0.2) is 54.7 Å². The van der Waals surface area contributed by atoms with Crippen molar-refractivity contribution in [3.8, 4) is 0 Å². The zero-order valence-corrected chi connectivity index (χ0v) is 14.4. The third kappa shape index (κ3) is 2.53. The lowest BCUT2D eigenvalue weighted by Crippen LogP contribution is -2.19. The van der Waals surface area contributed by atoms with E-state index in [0.29, 0.717) is 5.92 Å². The lowest BCUT2D eigenvalue weighted by Gasteiger charge is -2.15. The number of rotatable bonds is 3. The summed E-state index contributed by atoms with van der Waals surface area (Å²) in [5.41, 5.74) is 4.95. The molecule has 126 valence electrons. The van der Waals surface area contributed by atoms with Crippen LogP contribution in [0.5, 0.6) is 0 Å². The number of aromatic amines is 1. The molecule has 25 heavy (non-hydrogen) atoms. The first-order chi connectivity index (χ1) is 12.3. The van der Waals surface area contributed by atoms with E-state index in [2.05, 4.69) is 76.2 Å². The van der Waals surface area contributed by atoms with Gasteiger partial charge in [0.15, 0.2) is 0 Å². The second-order valence-corrected chi connectivity index (χ2v) is 7.14. The van der Waals surface area contributed by atoms with E-state index < -0.39 is 0 Å². The summed E-state index contributed by atoms with van der Waals surface area (Å²) in [6.45, 7) is 3.21. The Morgan fingerprint density at radius 2 is 1.96 bits per heavy atom. The number of likely N-dealkylation sites (tertiary alicyclic amines) is 1. The molecule has 0 aliphatic carbocycles. The standard InChI is InChI=1S/C21H22N4/c1-24-12-16(17-6-2-5-9-20(17)24)14-25-11-10-15(13-25)21-22-18-7-3-4-8-19(18)23-21/h2-9,12,15H,10-11,13-14H2,1H3,(H,22,23). The van der Waals surface area contributed by atoms with Crippen LogP contribution in [-0.4, -0.2) is 32.5 Å². The van der Waals surface area contributed by atoms with E-state index in [1.165, 1.54) is 22.9 Å². The summed E-state index contributed by atoms with van der Waals surface area (Å²) in [5, 5.41) is 1.37. The van der Waals surface area contributed by atoms with Crippen LogP contribution in [0.3, 0.4) is 0 Å². The van der Waals surface area contributed by atoms with Gasteiger partial charge in [-0.25, -0.2) is 4.98 Å². The number of benzene rings is 2. The molecule has 0 amide bonds. The minimum atomic E-state index is 0.502. The Hall–Kier alpha value is -2.59. The molecule has 0 saturated carbocycles. The summed E-state index contributed by atoms with van der Waals surface area (Å²) in [6, 6.07) is 17.0. The van der Waals surface area contributed by atoms with Gasteiger partial charge in [-0.05, 0) is 36.7 Å². The second-order valence-electron chi connectivity index (χ2n) is 7.14. The Morgan fingerprint density at radius 3 is 2.88 bits per heavy atom. The Morgan fingerprint density at radius 1 is 1.12 bits per heavy atom. The number of imidazole rings is 1. The van der Waals surface area contributed by atoms with Crippen molar-refractivity contribution in [3.63, 3.8) is 0 Å². The lowest BCUT2D eigenvalue weighted by atomic mass is 10.1. The van der Waals surface area contributed by atoms with Crippen LogP contribution in [0.25, 0.3) is 21.9 Å². The minimum absolute atomic E-state index is 0.502. The van der Waals surface area contributed by atoms with Crippen LogP contribution in [-0.2, 0) is 13.6 Å². The molecule has 1 saturated heterocycles. The first-order valence-corrected chi connectivity index (χ1v) is 8.98. The van der Waals surface area contributed by atoms with Crippen molar-refractivity contribution in [2.75, 3.05) is 13.1 Å². The molecule has 0 bridgehead atoms. The Labute approximate surface area is 147 Å². The molecule has 2 aromatic carbocycles. The highest BCUT2D eigenvalue weighted by atomic mass is 15.2. The molecule has 4 heteroatoms. The van der Waals surface area contributed by atoms with Gasteiger partial charge in [-0.3, -0.25) is 4.90 Å². The largest absolute Gasteiger partial charge is 0.350 e. The highest BCUT2D eigenvalue weighted by molar-refractivity contribution is 5.83. The second kappa shape index (κ2) is 5.74. The van der Waals surface area contributed by atoms with Gasteiger partial charge in [-0.2, -0.15) is 0 Å². The van der Waals surface area contributed by atoms with Crippen molar-refractivity contribution < 1.29 is 0 Å². The fourth-order valence-corrected chi connectivity index (χ4v) is 4.16. The maximum Gasteiger partial charge on any atom is 0.111 e. The van der Waals surface area contributed by atoms with Gasteiger partial charge in [-0.15, -0.1) is 0 Å². The zero-order chi connectivity index (χ0) is 16.8. The number of hydrogen-bond acceptors (Lipinski definition) is 2. The summed E-state index contributed by atoms with van der Waals surface area (Å²) >= 11 is 0. The van der Waals surface area contributed by atoms with Gasteiger partial charge in [0.2, 0.25) is 0 Å². The van der Waals surface area contributed by atoms with E-state index in [-0.39, 0.29) is 0 Å². The average Bonchev–Trinajstić information content (AvgIpc) is 3.33. The number of aromatic nitrogens is 3. The number of para-hydroxylation sites is 3. The van der Waals surface area contributed by atoms with E-state index in [1.807, 2.05) is 0 Å². The topological polar surface area (TPSA) is 36.9 Å². The molecule has 1 aliphatic heterocycles. The molecule has 1 aliphatic rings. The van der Waals surface area contributed by atoms with Crippen molar-refractivity contribution >= 4 is 21.9 Å². The predicted octanol–water partition coefficient (Wildman–Crippen LogP) is 4.04. The molecule has 1 fully saturated rings. The molecular formula is C21H22N4. The maximum absolute atomic E-state index is 4.80. The van der Waals surface area contributed by atoms with E-state index in [1.54, 1.807) is 0 Å². The van der Waals surface area contributed by atoms with Gasteiger partial charge in [0, 0.05) is 43.2 Å². The Kier molecular flexibility index (Phi) is 3.38. The number of fused-ring (bicyclic) bond motifs is 2. The fraction of sp³-hybridized carbons (Fsp3) is 0.286. The van der Waals surface area contributed by atoms with Gasteiger partial charge >= 0.3 is 0 Å². The number of H-pyrrole nitrogens is 1. The quantitative estimate of drug-likeness (QED) is 0.615. The summed E-state index contributed by atoms with van der Waals surface area (Å²) < 4.78 is 2.23. The maximum atomic E-state index is 4.80.